The highest BCUT2D eigenvalue weighted by atomic mass is 35.5. The van der Waals surface area contributed by atoms with Crippen LogP contribution < -0.4 is 4.90 Å². The van der Waals surface area contributed by atoms with Gasteiger partial charge in [0.15, 0.2) is 0 Å². The van der Waals surface area contributed by atoms with Crippen LogP contribution in [0.3, 0.4) is 0 Å². The number of nitrogens with zero attached hydrogens (tertiary/aromatic N) is 4. The summed E-state index contributed by atoms with van der Waals surface area (Å²) in [6, 6.07) is 0. The number of halogens is 1. The monoisotopic (exact) mass is 324 g/mol. The molecule has 6 heteroatoms. The van der Waals surface area contributed by atoms with E-state index < -0.39 is 0 Å². The van der Waals surface area contributed by atoms with Crippen molar-refractivity contribution in [2.75, 3.05) is 31.1 Å². The first-order valence-corrected chi connectivity index (χ1v) is 8.61. The Bertz CT molecular complexity index is 470. The molecule has 0 spiro atoms. The minimum atomic E-state index is 0.306. The normalized spacial score (nSPS) is 22.6. The van der Waals surface area contributed by atoms with Crippen LogP contribution in [0.5, 0.6) is 0 Å². The van der Waals surface area contributed by atoms with Gasteiger partial charge >= 0.3 is 0 Å². The first-order chi connectivity index (χ1) is 10.7. The van der Waals surface area contributed by atoms with Gasteiger partial charge in [0.1, 0.15) is 0 Å². The first-order valence-electron chi connectivity index (χ1n) is 8.27. The van der Waals surface area contributed by atoms with Crippen LogP contribution in [0.1, 0.15) is 32.3 Å². The maximum absolute atomic E-state index is 6.09. The molecule has 22 heavy (non-hydrogen) atoms. The van der Waals surface area contributed by atoms with Crippen molar-refractivity contribution in [1.29, 1.82) is 0 Å². The van der Waals surface area contributed by atoms with Crippen molar-refractivity contribution in [3.63, 3.8) is 0 Å². The zero-order valence-electron chi connectivity index (χ0n) is 13.4. The largest absolute Gasteiger partial charge is 0.372 e. The van der Waals surface area contributed by atoms with E-state index >= 15 is 0 Å². The molecule has 1 aromatic heterocycles. The molecule has 0 saturated carbocycles. The summed E-state index contributed by atoms with van der Waals surface area (Å²) in [5.41, 5.74) is 1.19. The zero-order valence-corrected chi connectivity index (χ0v) is 14.2. The highest BCUT2D eigenvalue weighted by molar-refractivity contribution is 6.13. The molecule has 2 aliphatic heterocycles. The van der Waals surface area contributed by atoms with Crippen LogP contribution in [-0.4, -0.2) is 52.8 Å². The summed E-state index contributed by atoms with van der Waals surface area (Å²) < 4.78 is 7.87. The number of aryl methyl sites for hydroxylation is 1. The standard InChI is InChI=1S/C16H25ClN4O/c1-3-13-8-18-16(19-9-13)20-6-4-14(5-7-20)12(2)22-15-10-21(17)11-15/h8-9,12,14-15H,3-7,10-11H2,1-2H3. The number of hydrogen-bond donors (Lipinski definition) is 0. The van der Waals surface area contributed by atoms with Crippen molar-refractivity contribution in [3.05, 3.63) is 18.0 Å². The summed E-state index contributed by atoms with van der Waals surface area (Å²) in [6.07, 6.45) is 7.76. The maximum atomic E-state index is 6.09. The van der Waals surface area contributed by atoms with E-state index in [1.54, 1.807) is 4.42 Å². The van der Waals surface area contributed by atoms with Gasteiger partial charge in [-0.25, -0.2) is 14.4 Å². The Kier molecular flexibility index (Phi) is 5.16. The van der Waals surface area contributed by atoms with Crippen LogP contribution in [0.2, 0.25) is 0 Å². The summed E-state index contributed by atoms with van der Waals surface area (Å²) in [5, 5.41) is 0. The SMILES string of the molecule is CCc1cnc(N2CCC(C(C)OC3CN(Cl)C3)CC2)nc1. The van der Waals surface area contributed by atoms with Crippen molar-refractivity contribution >= 4 is 17.7 Å². The molecule has 2 fully saturated rings. The van der Waals surface area contributed by atoms with Gasteiger partial charge in [-0.05, 0) is 49.4 Å². The van der Waals surface area contributed by atoms with E-state index in [4.69, 9.17) is 16.5 Å². The number of rotatable bonds is 5. The van der Waals surface area contributed by atoms with Gasteiger partial charge in [0, 0.05) is 38.6 Å². The molecular formula is C16H25ClN4O. The molecule has 122 valence electrons. The number of ether oxygens (including phenoxy) is 1. The molecule has 2 aliphatic rings. The second-order valence-corrected chi connectivity index (χ2v) is 6.84. The van der Waals surface area contributed by atoms with Crippen LogP contribution in [0.4, 0.5) is 5.95 Å². The van der Waals surface area contributed by atoms with Crippen molar-refractivity contribution in [2.45, 2.75) is 45.3 Å². The summed E-state index contributed by atoms with van der Waals surface area (Å²) in [5.74, 6) is 1.48. The molecule has 0 amide bonds. The Morgan fingerprint density at radius 1 is 1.27 bits per heavy atom. The minimum absolute atomic E-state index is 0.306. The molecule has 0 bridgehead atoms. The quantitative estimate of drug-likeness (QED) is 0.778. The van der Waals surface area contributed by atoms with Crippen LogP contribution >= 0.6 is 11.8 Å². The van der Waals surface area contributed by atoms with E-state index in [0.717, 1.165) is 51.4 Å². The minimum Gasteiger partial charge on any atom is -0.372 e. The predicted octanol–water partition coefficient (Wildman–Crippen LogP) is 2.50. The summed E-state index contributed by atoms with van der Waals surface area (Å²) >= 11 is 5.85. The van der Waals surface area contributed by atoms with E-state index in [-0.39, 0.29) is 0 Å². The number of aromatic nitrogens is 2. The van der Waals surface area contributed by atoms with Gasteiger partial charge in [-0.2, -0.15) is 0 Å². The van der Waals surface area contributed by atoms with Crippen LogP contribution in [0.15, 0.2) is 12.4 Å². The Morgan fingerprint density at radius 3 is 2.45 bits per heavy atom. The van der Waals surface area contributed by atoms with Gasteiger partial charge in [0.25, 0.3) is 0 Å². The molecule has 2 saturated heterocycles. The lowest BCUT2D eigenvalue weighted by Crippen LogP contribution is -2.49. The lowest BCUT2D eigenvalue weighted by atomic mass is 9.92. The molecule has 5 nitrogen and oxygen atoms in total. The van der Waals surface area contributed by atoms with Crippen LogP contribution in [0.25, 0.3) is 0 Å². The van der Waals surface area contributed by atoms with Gasteiger partial charge in [-0.1, -0.05) is 6.92 Å². The Labute approximate surface area is 137 Å². The Balaban J connectivity index is 1.47. The van der Waals surface area contributed by atoms with Gasteiger partial charge < -0.3 is 9.64 Å². The molecule has 3 heterocycles. The van der Waals surface area contributed by atoms with E-state index in [2.05, 4.69) is 28.7 Å². The van der Waals surface area contributed by atoms with Gasteiger partial charge in [-0.15, -0.1) is 0 Å². The molecule has 1 aromatic rings. The van der Waals surface area contributed by atoms with Gasteiger partial charge in [0.2, 0.25) is 5.95 Å². The van der Waals surface area contributed by atoms with Crippen molar-refractivity contribution in [3.8, 4) is 0 Å². The third kappa shape index (κ3) is 3.70. The fourth-order valence-corrected chi connectivity index (χ4v) is 3.46. The average Bonchev–Trinajstić information content (AvgIpc) is 2.53. The number of piperidine rings is 1. The topological polar surface area (TPSA) is 41.5 Å². The van der Waals surface area contributed by atoms with Crippen LogP contribution in [-0.2, 0) is 11.2 Å². The third-order valence-corrected chi connectivity index (χ3v) is 5.07. The van der Waals surface area contributed by atoms with E-state index in [1.165, 1.54) is 5.56 Å². The second kappa shape index (κ2) is 7.11. The zero-order chi connectivity index (χ0) is 15.5. The fourth-order valence-electron chi connectivity index (χ4n) is 3.15. The van der Waals surface area contributed by atoms with E-state index in [0.29, 0.717) is 18.1 Å². The van der Waals surface area contributed by atoms with Gasteiger partial charge in [-0.3, -0.25) is 0 Å². The van der Waals surface area contributed by atoms with Crippen molar-refractivity contribution in [1.82, 2.24) is 14.4 Å². The highest BCUT2D eigenvalue weighted by Crippen LogP contribution is 2.27. The molecule has 3 rings (SSSR count). The number of hydrogen-bond acceptors (Lipinski definition) is 5. The third-order valence-electron chi connectivity index (χ3n) is 4.80. The maximum Gasteiger partial charge on any atom is 0.225 e. The summed E-state index contributed by atoms with van der Waals surface area (Å²) in [7, 11) is 0. The number of anilines is 1. The van der Waals surface area contributed by atoms with Crippen molar-refractivity contribution in [2.24, 2.45) is 5.92 Å². The Hall–Kier alpha value is -0.910. The lowest BCUT2D eigenvalue weighted by Gasteiger charge is -2.39. The molecular weight excluding hydrogens is 300 g/mol. The van der Waals surface area contributed by atoms with E-state index in [1.807, 2.05) is 12.4 Å². The van der Waals surface area contributed by atoms with Crippen molar-refractivity contribution < 1.29 is 4.74 Å². The molecule has 0 aliphatic carbocycles. The second-order valence-electron chi connectivity index (χ2n) is 6.36. The van der Waals surface area contributed by atoms with Gasteiger partial charge in [0.05, 0.1) is 12.2 Å². The predicted molar refractivity (Wildman–Crippen MR) is 88.1 cm³/mol. The molecule has 0 radical (unpaired) electrons. The molecule has 0 aromatic carbocycles. The molecule has 0 N–H and O–H groups in total. The lowest BCUT2D eigenvalue weighted by molar-refractivity contribution is -0.0831. The van der Waals surface area contributed by atoms with Crippen LogP contribution in [0, 0.1) is 5.92 Å². The smallest absolute Gasteiger partial charge is 0.225 e. The molecule has 1 unspecified atom stereocenters. The average molecular weight is 325 g/mol. The first kappa shape index (κ1) is 16.0. The Morgan fingerprint density at radius 2 is 1.91 bits per heavy atom. The molecule has 1 atom stereocenters. The summed E-state index contributed by atoms with van der Waals surface area (Å²) in [4.78, 5) is 11.3. The fraction of sp³-hybridized carbons (Fsp3) is 0.750. The highest BCUT2D eigenvalue weighted by Gasteiger charge is 2.31. The summed E-state index contributed by atoms with van der Waals surface area (Å²) in [6.45, 7) is 8.04. The van der Waals surface area contributed by atoms with E-state index in [9.17, 15) is 0 Å².